The number of anilines is 2. The Bertz CT molecular complexity index is 534. The zero-order chi connectivity index (χ0) is 11.8. The lowest BCUT2D eigenvalue weighted by Gasteiger charge is -2.18. The lowest BCUT2D eigenvalue weighted by Crippen LogP contribution is -2.21. The summed E-state index contributed by atoms with van der Waals surface area (Å²) in [4.78, 5) is 11.2. The topological polar surface area (TPSA) is 69.7 Å². The fourth-order valence-electron chi connectivity index (χ4n) is 2.30. The van der Waals surface area contributed by atoms with Gasteiger partial charge in [0.2, 0.25) is 5.95 Å². The van der Waals surface area contributed by atoms with Crippen LogP contribution in [0.1, 0.15) is 13.3 Å². The maximum absolute atomic E-state index is 4.55. The Hall–Kier alpha value is -1.85. The zero-order valence-corrected chi connectivity index (χ0v) is 10.1. The lowest BCUT2D eigenvalue weighted by molar-refractivity contribution is 0.659. The molecule has 0 radical (unpaired) electrons. The van der Waals surface area contributed by atoms with Gasteiger partial charge in [0.15, 0.2) is 5.65 Å². The summed E-state index contributed by atoms with van der Waals surface area (Å²) in [5.74, 6) is 2.35. The Morgan fingerprint density at radius 3 is 3.06 bits per heavy atom. The van der Waals surface area contributed by atoms with Crippen molar-refractivity contribution in [2.45, 2.75) is 13.3 Å². The van der Waals surface area contributed by atoms with Gasteiger partial charge in [0.1, 0.15) is 5.82 Å². The van der Waals surface area contributed by atoms with Crippen molar-refractivity contribution in [3.05, 3.63) is 6.20 Å². The SMILES string of the molecule is CNc1nc(N2CCC(C)C2)c2cn[nH]c2n1. The van der Waals surface area contributed by atoms with Gasteiger partial charge in [0.25, 0.3) is 0 Å². The van der Waals surface area contributed by atoms with E-state index in [1.807, 2.05) is 7.05 Å². The third-order valence-corrected chi connectivity index (χ3v) is 3.24. The standard InChI is InChI=1S/C11H16N6/c1-7-3-4-17(6-7)10-8-5-13-16-9(8)14-11(12-2)15-10/h5,7H,3-4,6H2,1-2H3,(H2,12,13,14,15,16). The van der Waals surface area contributed by atoms with Crippen molar-refractivity contribution in [1.29, 1.82) is 0 Å². The number of hydrogen-bond donors (Lipinski definition) is 2. The molecule has 90 valence electrons. The second-order valence-corrected chi connectivity index (χ2v) is 4.59. The van der Waals surface area contributed by atoms with E-state index in [2.05, 4.69) is 37.3 Å². The van der Waals surface area contributed by atoms with Crippen LogP contribution < -0.4 is 10.2 Å². The van der Waals surface area contributed by atoms with Crippen molar-refractivity contribution in [1.82, 2.24) is 20.2 Å². The molecule has 1 unspecified atom stereocenters. The van der Waals surface area contributed by atoms with Gasteiger partial charge in [-0.1, -0.05) is 6.92 Å². The van der Waals surface area contributed by atoms with E-state index in [0.29, 0.717) is 5.95 Å². The fraction of sp³-hybridized carbons (Fsp3) is 0.545. The first-order valence-electron chi connectivity index (χ1n) is 5.91. The summed E-state index contributed by atoms with van der Waals surface area (Å²) in [7, 11) is 1.83. The van der Waals surface area contributed by atoms with E-state index in [1.165, 1.54) is 6.42 Å². The number of nitrogens with zero attached hydrogens (tertiary/aromatic N) is 4. The van der Waals surface area contributed by atoms with Crippen LogP contribution >= 0.6 is 0 Å². The lowest BCUT2D eigenvalue weighted by atomic mass is 10.2. The molecule has 1 fully saturated rings. The van der Waals surface area contributed by atoms with Crippen molar-refractivity contribution in [3.63, 3.8) is 0 Å². The van der Waals surface area contributed by atoms with Gasteiger partial charge in [-0.2, -0.15) is 15.1 Å². The molecule has 0 bridgehead atoms. The molecule has 0 spiro atoms. The summed E-state index contributed by atoms with van der Waals surface area (Å²) in [6.07, 6.45) is 3.02. The molecule has 1 aliphatic heterocycles. The summed E-state index contributed by atoms with van der Waals surface area (Å²) >= 11 is 0. The first-order valence-corrected chi connectivity index (χ1v) is 5.91. The summed E-state index contributed by atoms with van der Waals surface area (Å²) < 4.78 is 0. The predicted molar refractivity (Wildman–Crippen MR) is 67.2 cm³/mol. The summed E-state index contributed by atoms with van der Waals surface area (Å²) in [5, 5.41) is 10.9. The van der Waals surface area contributed by atoms with Crippen LogP contribution in [0.4, 0.5) is 11.8 Å². The van der Waals surface area contributed by atoms with Crippen molar-refractivity contribution in [2.75, 3.05) is 30.4 Å². The van der Waals surface area contributed by atoms with Gasteiger partial charge >= 0.3 is 0 Å². The first kappa shape index (κ1) is 10.3. The largest absolute Gasteiger partial charge is 0.357 e. The smallest absolute Gasteiger partial charge is 0.226 e. The number of aromatic amines is 1. The van der Waals surface area contributed by atoms with E-state index in [-0.39, 0.29) is 0 Å². The third-order valence-electron chi connectivity index (χ3n) is 3.24. The monoisotopic (exact) mass is 232 g/mol. The van der Waals surface area contributed by atoms with E-state index in [4.69, 9.17) is 0 Å². The van der Waals surface area contributed by atoms with Crippen molar-refractivity contribution in [2.24, 2.45) is 5.92 Å². The average molecular weight is 232 g/mol. The van der Waals surface area contributed by atoms with E-state index in [1.54, 1.807) is 6.20 Å². The Labute approximate surface area is 99.4 Å². The van der Waals surface area contributed by atoms with Crippen LogP contribution in [0.25, 0.3) is 11.0 Å². The predicted octanol–water partition coefficient (Wildman–Crippen LogP) is 1.24. The molecule has 1 saturated heterocycles. The van der Waals surface area contributed by atoms with Crippen LogP contribution in [0.5, 0.6) is 0 Å². The molecule has 0 aromatic carbocycles. The van der Waals surface area contributed by atoms with Crippen LogP contribution in [-0.4, -0.2) is 40.3 Å². The number of hydrogen-bond acceptors (Lipinski definition) is 5. The maximum atomic E-state index is 4.55. The van der Waals surface area contributed by atoms with E-state index >= 15 is 0 Å². The molecular formula is C11H16N6. The minimum atomic E-state index is 0.635. The molecule has 6 heteroatoms. The van der Waals surface area contributed by atoms with Crippen LogP contribution in [0, 0.1) is 5.92 Å². The molecule has 3 heterocycles. The molecule has 0 saturated carbocycles. The van der Waals surface area contributed by atoms with E-state index in [0.717, 1.165) is 35.9 Å². The average Bonchev–Trinajstić information content (AvgIpc) is 2.95. The normalized spacial score (nSPS) is 20.1. The number of aromatic nitrogens is 4. The minimum absolute atomic E-state index is 0.635. The van der Waals surface area contributed by atoms with E-state index < -0.39 is 0 Å². The van der Waals surface area contributed by atoms with Crippen LogP contribution in [0.3, 0.4) is 0 Å². The second-order valence-electron chi connectivity index (χ2n) is 4.59. The number of nitrogens with one attached hydrogen (secondary N) is 2. The maximum Gasteiger partial charge on any atom is 0.226 e. The Morgan fingerprint density at radius 1 is 1.47 bits per heavy atom. The fourth-order valence-corrected chi connectivity index (χ4v) is 2.30. The Kier molecular flexibility index (Phi) is 2.35. The molecule has 2 aromatic heterocycles. The Balaban J connectivity index is 2.10. The van der Waals surface area contributed by atoms with Crippen molar-refractivity contribution >= 4 is 22.8 Å². The highest BCUT2D eigenvalue weighted by Crippen LogP contribution is 2.28. The molecule has 1 atom stereocenters. The molecule has 17 heavy (non-hydrogen) atoms. The van der Waals surface area contributed by atoms with Gasteiger partial charge in [-0.05, 0) is 12.3 Å². The molecule has 3 rings (SSSR count). The molecule has 2 N–H and O–H groups in total. The highest BCUT2D eigenvalue weighted by atomic mass is 15.3. The number of rotatable bonds is 2. The van der Waals surface area contributed by atoms with Gasteiger partial charge in [0.05, 0.1) is 11.6 Å². The molecule has 1 aliphatic rings. The van der Waals surface area contributed by atoms with Gasteiger partial charge in [-0.3, -0.25) is 5.10 Å². The van der Waals surface area contributed by atoms with Gasteiger partial charge in [-0.15, -0.1) is 0 Å². The third kappa shape index (κ3) is 1.69. The number of H-pyrrole nitrogens is 1. The Morgan fingerprint density at radius 2 is 2.35 bits per heavy atom. The molecular weight excluding hydrogens is 216 g/mol. The van der Waals surface area contributed by atoms with Gasteiger partial charge in [0, 0.05) is 20.1 Å². The molecule has 2 aromatic rings. The summed E-state index contributed by atoms with van der Waals surface area (Å²) in [5.41, 5.74) is 0.791. The quantitative estimate of drug-likeness (QED) is 0.815. The van der Waals surface area contributed by atoms with Crippen LogP contribution in [0.2, 0.25) is 0 Å². The van der Waals surface area contributed by atoms with E-state index in [9.17, 15) is 0 Å². The van der Waals surface area contributed by atoms with Crippen LogP contribution in [-0.2, 0) is 0 Å². The molecule has 0 aliphatic carbocycles. The van der Waals surface area contributed by atoms with Crippen molar-refractivity contribution in [3.8, 4) is 0 Å². The highest BCUT2D eigenvalue weighted by molar-refractivity contribution is 5.87. The van der Waals surface area contributed by atoms with Crippen molar-refractivity contribution < 1.29 is 0 Å². The highest BCUT2D eigenvalue weighted by Gasteiger charge is 2.23. The molecule has 0 amide bonds. The van der Waals surface area contributed by atoms with Gasteiger partial charge < -0.3 is 10.2 Å². The molecule has 6 nitrogen and oxygen atoms in total. The minimum Gasteiger partial charge on any atom is -0.357 e. The zero-order valence-electron chi connectivity index (χ0n) is 10.1. The summed E-state index contributed by atoms with van der Waals surface area (Å²) in [6, 6.07) is 0. The second kappa shape index (κ2) is 3.87. The first-order chi connectivity index (χ1) is 8.28. The summed E-state index contributed by atoms with van der Waals surface area (Å²) in [6.45, 7) is 4.38. The van der Waals surface area contributed by atoms with Crippen LogP contribution in [0.15, 0.2) is 6.20 Å². The van der Waals surface area contributed by atoms with Gasteiger partial charge in [-0.25, -0.2) is 0 Å². The number of fused-ring (bicyclic) bond motifs is 1.